The molecule has 0 bridgehead atoms. The van der Waals surface area contributed by atoms with Gasteiger partial charge >= 0.3 is 37.9 Å². The van der Waals surface area contributed by atoms with E-state index in [2.05, 4.69) is 237 Å². The zero-order chi connectivity index (χ0) is 54.8. The van der Waals surface area contributed by atoms with Crippen molar-refractivity contribution in [2.45, 2.75) is 199 Å². The van der Waals surface area contributed by atoms with Crippen LogP contribution in [0.15, 0.2) is 124 Å². The van der Waals surface area contributed by atoms with Crippen LogP contribution in [-0.2, 0) is 20.8 Å². The molecule has 4 aromatic carbocycles. The van der Waals surface area contributed by atoms with Crippen molar-refractivity contribution in [2.75, 3.05) is 0 Å². The molecule has 5 rings (SSSR count). The van der Waals surface area contributed by atoms with E-state index in [1.165, 1.54) is 50.2 Å². The molecule has 0 heterocycles. The quantitative estimate of drug-likeness (QED) is 0.0882. The molecule has 4 aromatic rings. The van der Waals surface area contributed by atoms with Gasteiger partial charge in [0.2, 0.25) is 0 Å². The van der Waals surface area contributed by atoms with Crippen LogP contribution in [0.25, 0.3) is 5.32 Å². The predicted octanol–water partition coefficient (Wildman–Crippen LogP) is 21.3. The summed E-state index contributed by atoms with van der Waals surface area (Å²) in [7, 11) is 9.87. The van der Waals surface area contributed by atoms with Crippen LogP contribution >= 0.6 is 17.0 Å². The van der Waals surface area contributed by atoms with Crippen molar-refractivity contribution in [2.24, 2.45) is 21.8 Å². The van der Waals surface area contributed by atoms with E-state index >= 15 is 0 Å². The first-order valence-electron chi connectivity index (χ1n) is 26.4. The summed E-state index contributed by atoms with van der Waals surface area (Å²) in [5.41, 5.74) is 17.7. The Labute approximate surface area is 460 Å². The Bertz CT molecular complexity index is 2380. The molecule has 0 aliphatic heterocycles. The first kappa shape index (κ1) is 64.4. The molecule has 4 nitrogen and oxygen atoms in total. The molecule has 7 heteroatoms. The maximum atomic E-state index is 5.35. The van der Waals surface area contributed by atoms with E-state index in [9.17, 15) is 0 Å². The van der Waals surface area contributed by atoms with Gasteiger partial charge in [-0.2, -0.15) is 24.6 Å². The average molecular weight is 1090 g/mol. The second-order valence-electron chi connectivity index (χ2n) is 22.7. The minimum atomic E-state index is -0.826. The van der Waals surface area contributed by atoms with E-state index in [0.29, 0.717) is 47.3 Å². The van der Waals surface area contributed by atoms with Gasteiger partial charge in [0.05, 0.1) is 28.1 Å². The van der Waals surface area contributed by atoms with Crippen LogP contribution < -0.4 is 5.32 Å². The molecule has 0 saturated heterocycles. The van der Waals surface area contributed by atoms with Gasteiger partial charge in [-0.15, -0.1) is 17.8 Å². The molecule has 0 unspecified atom stereocenters. The summed E-state index contributed by atoms with van der Waals surface area (Å²) in [6, 6.07) is 29.7. The standard InChI is InChI=1S/2C29H43N2.C7H7.2ClH.Zr/c2*1-18(2)23-14-12-15-24(19(3)4)27(23)30-22(9)29(10,11)31-28-25(20(5)6)16-13-17-26(28)21(7)8;1-7-5-3-2-4-6-7;;;/h12,14-21,31H,1-11H3;12-21H,1-11H3;2-6H,1H2;2*1H;/q+1;2*-1;;;+4/p-2. The van der Waals surface area contributed by atoms with Gasteiger partial charge in [0.25, 0.3) is 0 Å². The summed E-state index contributed by atoms with van der Waals surface area (Å²) in [6.45, 7) is 52.9. The Morgan fingerprint density at radius 1 is 0.528 bits per heavy atom. The van der Waals surface area contributed by atoms with E-state index in [1.807, 2.05) is 30.3 Å². The molecule has 0 atom stereocenters. The van der Waals surface area contributed by atoms with E-state index in [1.54, 1.807) is 0 Å². The fourth-order valence-electron chi connectivity index (χ4n) is 8.36. The molecule has 1 aliphatic rings. The van der Waals surface area contributed by atoms with Crippen LogP contribution in [0.2, 0.25) is 0 Å². The molecule has 0 saturated carbocycles. The van der Waals surface area contributed by atoms with Crippen LogP contribution in [0.3, 0.4) is 0 Å². The number of nitrogens with one attached hydrogen (secondary N) is 1. The molecule has 72 heavy (non-hydrogen) atoms. The Kier molecular flexibility index (Phi) is 26.8. The topological polar surface area (TPSA) is 50.9 Å². The predicted molar refractivity (Wildman–Crippen MR) is 319 cm³/mol. The number of rotatable bonds is 16. The summed E-state index contributed by atoms with van der Waals surface area (Å²) in [5, 5.41) is 9.23. The van der Waals surface area contributed by atoms with E-state index < -0.39 is 26.4 Å². The normalized spacial score (nSPS) is 13.2. The van der Waals surface area contributed by atoms with Crippen molar-refractivity contribution in [1.29, 1.82) is 0 Å². The third-order valence-corrected chi connectivity index (χ3v) is 13.3. The third-order valence-electron chi connectivity index (χ3n) is 13.3. The third kappa shape index (κ3) is 18.9. The fourth-order valence-corrected chi connectivity index (χ4v) is 8.36. The minimum absolute atomic E-state index is 0.285. The molecule has 0 spiro atoms. The van der Waals surface area contributed by atoms with Gasteiger partial charge in [-0.1, -0.05) is 174 Å². The van der Waals surface area contributed by atoms with Crippen LogP contribution in [0.1, 0.15) is 227 Å². The zero-order valence-corrected chi connectivity index (χ0v) is 52.6. The van der Waals surface area contributed by atoms with Crippen molar-refractivity contribution in [3.8, 4) is 0 Å². The van der Waals surface area contributed by atoms with E-state index in [4.69, 9.17) is 32.3 Å². The van der Waals surface area contributed by atoms with E-state index in [-0.39, 0.29) is 5.54 Å². The van der Waals surface area contributed by atoms with Gasteiger partial charge in [0.1, 0.15) is 12.2 Å². The van der Waals surface area contributed by atoms with Crippen molar-refractivity contribution in [1.82, 2.24) is 5.32 Å². The Morgan fingerprint density at radius 2 is 0.889 bits per heavy atom. The molecule has 390 valence electrons. The van der Waals surface area contributed by atoms with Gasteiger partial charge in [0.15, 0.2) is 5.70 Å². The van der Waals surface area contributed by atoms with Gasteiger partial charge < -0.3 is 10.6 Å². The second-order valence-corrected chi connectivity index (χ2v) is 26.4. The first-order valence-corrected chi connectivity index (χ1v) is 32.7. The van der Waals surface area contributed by atoms with Crippen molar-refractivity contribution in [3.05, 3.63) is 171 Å². The number of hydrogen-bond donors (Lipinski definition) is 1. The molecule has 0 amide bonds. The first-order chi connectivity index (χ1) is 33.5. The molecular formula is C65H93Cl2N4Zr+. The number of para-hydroxylation sites is 3. The van der Waals surface area contributed by atoms with Gasteiger partial charge in [0, 0.05) is 29.3 Å². The molecule has 0 aromatic heterocycles. The number of nitrogens with zero attached hydrogens (tertiary/aromatic N) is 3. The summed E-state index contributed by atoms with van der Waals surface area (Å²) in [6.07, 6.45) is 7.62. The molecule has 1 aliphatic carbocycles. The SMILES string of the molecule is CC(=Nc1c(C(C)C)cccc1C(C)C)C(C)(C)NC1=C(C(C)C)C=[C+]C=C1C(C)C.CC(=Nc1c(C(C)C)cccc1C(C)C)C(C)(C)[N-]c1c(C(C)C)cccc1C(C)C.[CH2-]c1ccccc1.[Cl][Zr+2][Cl]. The maximum absolute atomic E-state index is 5.35. The summed E-state index contributed by atoms with van der Waals surface area (Å²) in [4.78, 5) is 10.5. The molecule has 0 radical (unpaired) electrons. The second kappa shape index (κ2) is 30.0. The summed E-state index contributed by atoms with van der Waals surface area (Å²) < 4.78 is 0. The zero-order valence-electron chi connectivity index (χ0n) is 48.7. The average Bonchev–Trinajstić information content (AvgIpc) is 3.29. The van der Waals surface area contributed by atoms with Crippen LogP contribution in [0.5, 0.6) is 0 Å². The van der Waals surface area contributed by atoms with Crippen molar-refractivity contribution in [3.63, 3.8) is 0 Å². The van der Waals surface area contributed by atoms with Crippen LogP contribution in [0, 0.1) is 24.8 Å². The molecular weight excluding hydrogens is 999 g/mol. The van der Waals surface area contributed by atoms with Crippen LogP contribution in [0.4, 0.5) is 17.1 Å². The number of aliphatic imine (C=N–C) groups is 2. The molecule has 1 N–H and O–H groups in total. The van der Waals surface area contributed by atoms with Gasteiger partial charge in [-0.3, -0.25) is 9.98 Å². The van der Waals surface area contributed by atoms with Crippen LogP contribution in [-0.4, -0.2) is 22.5 Å². The van der Waals surface area contributed by atoms with Crippen molar-refractivity contribution < 1.29 is 20.8 Å². The van der Waals surface area contributed by atoms with Gasteiger partial charge in [-0.05, 0) is 113 Å². The Balaban J connectivity index is 0.000000413. The number of hydrogen-bond acceptors (Lipinski definition) is 3. The fraction of sp³-hybridized carbons (Fsp3) is 0.492. The summed E-state index contributed by atoms with van der Waals surface area (Å²) >= 11 is -0.826. The van der Waals surface area contributed by atoms with Gasteiger partial charge in [-0.25, -0.2) is 0 Å². The monoisotopic (exact) mass is 1090 g/mol. The molecule has 0 fully saturated rings. The van der Waals surface area contributed by atoms with E-state index in [0.717, 1.165) is 34.0 Å². The Hall–Kier alpha value is -3.72. The van der Waals surface area contributed by atoms with Crippen molar-refractivity contribution >= 4 is 45.5 Å². The number of benzene rings is 4. The number of halogens is 2. The number of allylic oxidation sites excluding steroid dienone is 5. The summed E-state index contributed by atoms with van der Waals surface area (Å²) in [5.74, 6) is 3.45. The Morgan fingerprint density at radius 3 is 1.21 bits per heavy atom.